The van der Waals surface area contributed by atoms with E-state index in [1.807, 2.05) is 35.6 Å². The van der Waals surface area contributed by atoms with E-state index in [1.165, 1.54) is 36.8 Å². The van der Waals surface area contributed by atoms with Crippen molar-refractivity contribution in [2.45, 2.75) is 32.4 Å². The number of esters is 1. The molecule has 1 aliphatic carbocycles. The molecule has 0 unspecified atom stereocenters. The summed E-state index contributed by atoms with van der Waals surface area (Å²) in [6, 6.07) is 9.90. The quantitative estimate of drug-likeness (QED) is 0.861. The maximum absolute atomic E-state index is 11.4. The van der Waals surface area contributed by atoms with Crippen molar-refractivity contribution in [1.82, 2.24) is 5.32 Å². The van der Waals surface area contributed by atoms with Crippen LogP contribution >= 0.6 is 11.3 Å². The van der Waals surface area contributed by atoms with Gasteiger partial charge >= 0.3 is 5.97 Å². The van der Waals surface area contributed by atoms with E-state index >= 15 is 0 Å². The Hall–Kier alpha value is -1.65. The molecule has 0 bridgehead atoms. The first-order valence-electron chi connectivity index (χ1n) is 7.24. The van der Waals surface area contributed by atoms with Gasteiger partial charge in [0.1, 0.15) is 0 Å². The molecule has 1 heterocycles. The van der Waals surface area contributed by atoms with Crippen LogP contribution in [0.2, 0.25) is 0 Å². The van der Waals surface area contributed by atoms with Crippen LogP contribution in [0.1, 0.15) is 37.7 Å². The minimum Gasteiger partial charge on any atom is -0.465 e. The normalized spacial score (nSPS) is 13.2. The van der Waals surface area contributed by atoms with Crippen LogP contribution < -0.4 is 5.32 Å². The fraction of sp³-hybridized carbons (Fsp3) is 0.353. The number of carbonyl (C=O) groups excluding carboxylic acids is 1. The van der Waals surface area contributed by atoms with Gasteiger partial charge in [0.05, 0.1) is 12.7 Å². The highest BCUT2D eigenvalue weighted by Crippen LogP contribution is 2.30. The van der Waals surface area contributed by atoms with E-state index in [0.717, 1.165) is 13.1 Å². The topological polar surface area (TPSA) is 38.3 Å². The molecule has 0 aliphatic heterocycles. The van der Waals surface area contributed by atoms with Crippen LogP contribution in [-0.4, -0.2) is 13.1 Å². The van der Waals surface area contributed by atoms with Crippen molar-refractivity contribution in [2.24, 2.45) is 0 Å². The Morgan fingerprint density at radius 2 is 2.05 bits per heavy atom. The summed E-state index contributed by atoms with van der Waals surface area (Å²) in [5.74, 6) is -0.289. The van der Waals surface area contributed by atoms with Crippen molar-refractivity contribution in [3.8, 4) is 0 Å². The van der Waals surface area contributed by atoms with E-state index in [1.54, 1.807) is 10.4 Å². The maximum atomic E-state index is 11.4. The number of hydrogen-bond donors (Lipinski definition) is 1. The third-order valence-electron chi connectivity index (χ3n) is 3.80. The first kappa shape index (κ1) is 14.3. The first-order chi connectivity index (χ1) is 10.3. The van der Waals surface area contributed by atoms with Crippen LogP contribution in [0.15, 0.2) is 30.3 Å². The SMILES string of the molecule is COC(=O)c1ccc(CNCc2cc3c(s2)CCC3)cc1. The highest BCUT2D eigenvalue weighted by atomic mass is 32.1. The second-order valence-electron chi connectivity index (χ2n) is 5.31. The van der Waals surface area contributed by atoms with Crippen LogP contribution in [0.4, 0.5) is 0 Å². The molecule has 0 radical (unpaired) electrons. The van der Waals surface area contributed by atoms with Crippen molar-refractivity contribution in [3.63, 3.8) is 0 Å². The second-order valence-corrected chi connectivity index (χ2v) is 6.53. The fourth-order valence-corrected chi connectivity index (χ4v) is 3.91. The molecular weight excluding hydrogens is 282 g/mol. The highest BCUT2D eigenvalue weighted by molar-refractivity contribution is 7.12. The lowest BCUT2D eigenvalue weighted by Crippen LogP contribution is -2.12. The van der Waals surface area contributed by atoms with Gasteiger partial charge < -0.3 is 10.1 Å². The second kappa shape index (κ2) is 6.41. The van der Waals surface area contributed by atoms with Gasteiger partial charge in [-0.2, -0.15) is 0 Å². The van der Waals surface area contributed by atoms with Crippen LogP contribution in [0.5, 0.6) is 0 Å². The van der Waals surface area contributed by atoms with Crippen molar-refractivity contribution in [1.29, 1.82) is 0 Å². The zero-order valence-electron chi connectivity index (χ0n) is 12.1. The lowest BCUT2D eigenvalue weighted by atomic mass is 10.1. The molecule has 2 aromatic rings. The Morgan fingerprint density at radius 1 is 1.24 bits per heavy atom. The van der Waals surface area contributed by atoms with Gasteiger partial charge in [-0.05, 0) is 48.6 Å². The molecule has 0 saturated carbocycles. The van der Waals surface area contributed by atoms with E-state index < -0.39 is 0 Å². The Morgan fingerprint density at radius 3 is 2.76 bits per heavy atom. The molecule has 0 atom stereocenters. The molecule has 21 heavy (non-hydrogen) atoms. The van der Waals surface area contributed by atoms with Crippen molar-refractivity contribution in [2.75, 3.05) is 7.11 Å². The van der Waals surface area contributed by atoms with Crippen molar-refractivity contribution in [3.05, 3.63) is 56.8 Å². The summed E-state index contributed by atoms with van der Waals surface area (Å²) in [5, 5.41) is 3.46. The number of ether oxygens (including phenoxy) is 1. The van der Waals surface area contributed by atoms with Gasteiger partial charge in [0.15, 0.2) is 0 Å². The molecule has 1 aromatic heterocycles. The molecule has 4 heteroatoms. The van der Waals surface area contributed by atoms with Gasteiger partial charge in [0, 0.05) is 22.8 Å². The van der Waals surface area contributed by atoms with E-state index in [4.69, 9.17) is 4.74 Å². The largest absolute Gasteiger partial charge is 0.465 e. The Balaban J connectivity index is 1.51. The number of nitrogens with one attached hydrogen (secondary N) is 1. The molecular formula is C17H19NO2S. The standard InChI is InChI=1S/C17H19NO2S/c1-20-17(19)13-7-5-12(6-8-13)10-18-11-15-9-14-3-2-4-16(14)21-15/h5-9,18H,2-4,10-11H2,1H3. The van der Waals surface area contributed by atoms with E-state index in [0.29, 0.717) is 5.56 Å². The number of fused-ring (bicyclic) bond motifs is 1. The van der Waals surface area contributed by atoms with Crippen LogP contribution in [-0.2, 0) is 30.7 Å². The van der Waals surface area contributed by atoms with Gasteiger partial charge in [0.2, 0.25) is 0 Å². The number of thiophene rings is 1. The molecule has 0 saturated heterocycles. The summed E-state index contributed by atoms with van der Waals surface area (Å²) in [4.78, 5) is 14.4. The van der Waals surface area contributed by atoms with E-state index in [2.05, 4.69) is 11.4 Å². The summed E-state index contributed by atoms with van der Waals surface area (Å²) in [6.45, 7) is 1.72. The summed E-state index contributed by atoms with van der Waals surface area (Å²) < 4.78 is 4.69. The zero-order chi connectivity index (χ0) is 14.7. The van der Waals surface area contributed by atoms with Crippen molar-refractivity contribution < 1.29 is 9.53 Å². The molecule has 3 nitrogen and oxygen atoms in total. The van der Waals surface area contributed by atoms with Gasteiger partial charge in [0.25, 0.3) is 0 Å². The van der Waals surface area contributed by atoms with Gasteiger partial charge in [-0.3, -0.25) is 0 Å². The van der Waals surface area contributed by atoms with Gasteiger partial charge in [-0.25, -0.2) is 4.79 Å². The number of aryl methyl sites for hydroxylation is 2. The first-order valence-corrected chi connectivity index (χ1v) is 8.06. The average Bonchev–Trinajstić information content (AvgIpc) is 3.08. The molecule has 110 valence electrons. The number of carbonyl (C=O) groups is 1. The smallest absolute Gasteiger partial charge is 0.337 e. The molecule has 0 amide bonds. The molecule has 1 aliphatic rings. The lowest BCUT2D eigenvalue weighted by Gasteiger charge is -2.05. The van der Waals surface area contributed by atoms with Gasteiger partial charge in [-0.15, -0.1) is 11.3 Å². The molecule has 0 spiro atoms. The maximum Gasteiger partial charge on any atom is 0.337 e. The summed E-state index contributed by atoms with van der Waals surface area (Å²) in [6.07, 6.45) is 3.83. The monoisotopic (exact) mass is 301 g/mol. The predicted octanol–water partition coefficient (Wildman–Crippen LogP) is 3.31. The van der Waals surface area contributed by atoms with E-state index in [-0.39, 0.29) is 5.97 Å². The zero-order valence-corrected chi connectivity index (χ0v) is 13.0. The third-order valence-corrected chi connectivity index (χ3v) is 5.04. The number of hydrogen-bond acceptors (Lipinski definition) is 4. The van der Waals surface area contributed by atoms with Gasteiger partial charge in [-0.1, -0.05) is 12.1 Å². The lowest BCUT2D eigenvalue weighted by molar-refractivity contribution is 0.0600. The van der Waals surface area contributed by atoms with Crippen LogP contribution in [0.25, 0.3) is 0 Å². The summed E-state index contributed by atoms with van der Waals surface area (Å²) in [7, 11) is 1.40. The number of rotatable bonds is 5. The molecule has 1 aromatic carbocycles. The molecule has 1 N–H and O–H groups in total. The summed E-state index contributed by atoms with van der Waals surface area (Å²) >= 11 is 1.94. The number of methoxy groups -OCH3 is 1. The minimum atomic E-state index is -0.289. The average molecular weight is 301 g/mol. The molecule has 0 fully saturated rings. The third kappa shape index (κ3) is 3.34. The molecule has 3 rings (SSSR count). The number of benzene rings is 1. The Bertz CT molecular complexity index is 609. The Kier molecular flexibility index (Phi) is 4.36. The van der Waals surface area contributed by atoms with E-state index in [9.17, 15) is 4.79 Å². The van der Waals surface area contributed by atoms with Crippen LogP contribution in [0, 0.1) is 0 Å². The predicted molar refractivity (Wildman–Crippen MR) is 84.7 cm³/mol. The highest BCUT2D eigenvalue weighted by Gasteiger charge is 2.14. The van der Waals surface area contributed by atoms with Crippen molar-refractivity contribution >= 4 is 17.3 Å². The Labute approximate surface area is 129 Å². The fourth-order valence-electron chi connectivity index (χ4n) is 2.68. The van der Waals surface area contributed by atoms with Crippen LogP contribution in [0.3, 0.4) is 0 Å². The minimum absolute atomic E-state index is 0.289. The summed E-state index contributed by atoms with van der Waals surface area (Å²) in [5.41, 5.74) is 3.32.